The van der Waals surface area contributed by atoms with Crippen LogP contribution in [0.5, 0.6) is 5.75 Å². The zero-order valence-corrected chi connectivity index (χ0v) is 10.3. The van der Waals surface area contributed by atoms with Crippen molar-refractivity contribution in [2.75, 3.05) is 11.6 Å². The molecule has 1 aromatic carbocycles. The summed E-state index contributed by atoms with van der Waals surface area (Å²) in [5, 5.41) is 15.3. The van der Waals surface area contributed by atoms with E-state index < -0.39 is 11.8 Å². The Morgan fingerprint density at radius 2 is 2.28 bits per heavy atom. The third-order valence-corrected chi connectivity index (χ3v) is 3.58. The Balaban J connectivity index is 2.11. The number of para-hydroxylation sites is 1. The monoisotopic (exact) mass is 264 g/mol. The number of nitrogens with zero attached hydrogens (tertiary/aromatic N) is 2. The summed E-state index contributed by atoms with van der Waals surface area (Å²) in [5.41, 5.74) is 0.576. The first-order valence-electron chi connectivity index (χ1n) is 5.38. The third kappa shape index (κ3) is 2.70. The zero-order chi connectivity index (χ0) is 13.0. The summed E-state index contributed by atoms with van der Waals surface area (Å²) in [6, 6.07) is 6.30. The van der Waals surface area contributed by atoms with Crippen molar-refractivity contribution in [1.82, 2.24) is 5.01 Å². The molecule has 0 spiro atoms. The molecule has 1 saturated heterocycles. The Bertz CT molecular complexity index is 490. The molecule has 1 heterocycles. The highest BCUT2D eigenvalue weighted by atomic mass is 32.2. The van der Waals surface area contributed by atoms with Crippen molar-refractivity contribution in [3.05, 3.63) is 29.8 Å². The average molecular weight is 264 g/mol. The summed E-state index contributed by atoms with van der Waals surface area (Å²) in [5.74, 6) is 0.796. The zero-order valence-electron chi connectivity index (χ0n) is 9.52. The van der Waals surface area contributed by atoms with Crippen molar-refractivity contribution in [2.45, 2.75) is 6.04 Å². The number of hydrogen-bond donors (Lipinski definition) is 1. The lowest BCUT2D eigenvalue weighted by molar-refractivity contribution is -0.132. The Morgan fingerprint density at radius 3 is 3.00 bits per heavy atom. The first kappa shape index (κ1) is 12.6. The molecule has 1 N–H and O–H groups in total. The maximum atomic E-state index is 11.4. The van der Waals surface area contributed by atoms with E-state index >= 15 is 0 Å². The van der Waals surface area contributed by atoms with Crippen LogP contribution in [-0.2, 0) is 9.59 Å². The molecule has 1 aliphatic rings. The number of benzene rings is 1. The molecule has 94 valence electrons. The molecule has 6 heteroatoms. The van der Waals surface area contributed by atoms with Crippen LogP contribution in [0, 0.1) is 0 Å². The van der Waals surface area contributed by atoms with E-state index in [1.807, 2.05) is 0 Å². The number of ketones is 1. The molecule has 1 aliphatic heterocycles. The van der Waals surface area contributed by atoms with Gasteiger partial charge in [-0.1, -0.05) is 12.1 Å². The fourth-order valence-electron chi connectivity index (χ4n) is 1.59. The van der Waals surface area contributed by atoms with Gasteiger partial charge in [-0.15, -0.1) is 11.8 Å². The fraction of sp³-hybridized carbons (Fsp3) is 0.250. The van der Waals surface area contributed by atoms with Crippen LogP contribution in [0.3, 0.4) is 0 Å². The highest BCUT2D eigenvalue weighted by Gasteiger charge is 2.29. The van der Waals surface area contributed by atoms with Gasteiger partial charge < -0.3 is 5.11 Å². The molecular weight excluding hydrogens is 252 g/mol. The van der Waals surface area contributed by atoms with Gasteiger partial charge in [-0.25, -0.2) is 0 Å². The summed E-state index contributed by atoms with van der Waals surface area (Å²) in [4.78, 5) is 21.8. The Kier molecular flexibility index (Phi) is 3.99. The van der Waals surface area contributed by atoms with Gasteiger partial charge in [0.2, 0.25) is 5.78 Å². The van der Waals surface area contributed by atoms with E-state index in [4.69, 9.17) is 0 Å². The molecule has 0 radical (unpaired) electrons. The van der Waals surface area contributed by atoms with E-state index in [1.54, 1.807) is 41.0 Å². The molecule has 0 aliphatic carbocycles. The number of thioether (sulfide) groups is 1. The number of phenolic OH excluding ortho intramolecular Hbond substituents is 1. The second-order valence-corrected chi connectivity index (χ2v) is 4.78. The van der Waals surface area contributed by atoms with E-state index in [2.05, 4.69) is 5.10 Å². The number of aldehydes is 1. The van der Waals surface area contributed by atoms with Crippen molar-refractivity contribution in [2.24, 2.45) is 5.10 Å². The van der Waals surface area contributed by atoms with Gasteiger partial charge in [0.05, 0.1) is 12.1 Å². The molecule has 1 fully saturated rings. The number of aromatic hydroxyl groups is 1. The van der Waals surface area contributed by atoms with Crippen LogP contribution >= 0.6 is 11.8 Å². The second-order valence-electron chi connectivity index (χ2n) is 3.78. The van der Waals surface area contributed by atoms with Gasteiger partial charge in [0.1, 0.15) is 11.8 Å². The lowest BCUT2D eigenvalue weighted by atomic mass is 10.2. The summed E-state index contributed by atoms with van der Waals surface area (Å²) >= 11 is 1.54. The smallest absolute Gasteiger partial charge is 0.220 e. The Labute approximate surface area is 108 Å². The molecule has 1 aromatic rings. The normalized spacial score (nSPS) is 19.3. The molecule has 1 atom stereocenters. The van der Waals surface area contributed by atoms with Gasteiger partial charge >= 0.3 is 0 Å². The maximum Gasteiger partial charge on any atom is 0.220 e. The minimum absolute atomic E-state index is 0.131. The highest BCUT2D eigenvalue weighted by Crippen LogP contribution is 2.22. The van der Waals surface area contributed by atoms with Crippen LogP contribution in [0.15, 0.2) is 29.4 Å². The Hall–Kier alpha value is -1.82. The molecule has 5 nitrogen and oxygen atoms in total. The number of Topliss-reactive ketones (excluding diaryl/α,β-unsaturated/α-hetero) is 1. The van der Waals surface area contributed by atoms with Gasteiger partial charge in [0, 0.05) is 11.3 Å². The lowest BCUT2D eigenvalue weighted by Gasteiger charge is -2.16. The molecule has 2 rings (SSSR count). The minimum atomic E-state index is -0.491. The van der Waals surface area contributed by atoms with Gasteiger partial charge in [0.15, 0.2) is 6.29 Å². The molecule has 1 unspecified atom stereocenters. The number of carbonyl (C=O) groups is 2. The Morgan fingerprint density at radius 1 is 1.50 bits per heavy atom. The van der Waals surface area contributed by atoms with E-state index in [-0.39, 0.29) is 5.75 Å². The summed E-state index contributed by atoms with van der Waals surface area (Å²) in [6.07, 6.45) is 1.82. The summed E-state index contributed by atoms with van der Waals surface area (Å²) in [7, 11) is 0. The van der Waals surface area contributed by atoms with Crippen molar-refractivity contribution in [1.29, 1.82) is 0 Å². The van der Waals surface area contributed by atoms with E-state index in [0.717, 1.165) is 0 Å². The van der Waals surface area contributed by atoms with Gasteiger partial charge in [-0.05, 0) is 12.1 Å². The maximum absolute atomic E-state index is 11.4. The van der Waals surface area contributed by atoms with Crippen molar-refractivity contribution >= 4 is 30.0 Å². The van der Waals surface area contributed by atoms with Crippen LogP contribution in [-0.4, -0.2) is 46.1 Å². The molecule has 0 aromatic heterocycles. The van der Waals surface area contributed by atoms with Crippen LogP contribution in [0.1, 0.15) is 5.56 Å². The minimum Gasteiger partial charge on any atom is -0.507 e. The molecule has 0 bridgehead atoms. The van der Waals surface area contributed by atoms with E-state index in [1.165, 1.54) is 6.21 Å². The number of phenols is 1. The van der Waals surface area contributed by atoms with Gasteiger partial charge in [0.25, 0.3) is 0 Å². The highest BCUT2D eigenvalue weighted by molar-refractivity contribution is 7.99. The first-order chi connectivity index (χ1) is 8.72. The summed E-state index contributed by atoms with van der Waals surface area (Å²) in [6.45, 7) is 0. The largest absolute Gasteiger partial charge is 0.507 e. The first-order valence-corrected chi connectivity index (χ1v) is 6.53. The van der Waals surface area contributed by atoms with Crippen LogP contribution in [0.4, 0.5) is 0 Å². The quantitative estimate of drug-likeness (QED) is 0.496. The van der Waals surface area contributed by atoms with Crippen LogP contribution in [0.2, 0.25) is 0 Å². The number of carbonyl (C=O) groups excluding carboxylic acids is 2. The standard InChI is InChI=1S/C12H12N2O3S/c15-6-12(17)10-7-18-8-14(10)13-5-9-3-1-2-4-11(9)16/h1-6,10,16H,7-8H2. The summed E-state index contributed by atoms with van der Waals surface area (Å²) < 4.78 is 0. The molecule has 0 amide bonds. The second kappa shape index (κ2) is 5.68. The molecule has 18 heavy (non-hydrogen) atoms. The predicted molar refractivity (Wildman–Crippen MR) is 69.7 cm³/mol. The number of hydrazone groups is 1. The van der Waals surface area contributed by atoms with E-state index in [9.17, 15) is 14.7 Å². The van der Waals surface area contributed by atoms with Crippen LogP contribution < -0.4 is 0 Å². The molecule has 0 saturated carbocycles. The van der Waals surface area contributed by atoms with Crippen LogP contribution in [0.25, 0.3) is 0 Å². The number of hydrogen-bond acceptors (Lipinski definition) is 6. The average Bonchev–Trinajstić information content (AvgIpc) is 2.85. The number of rotatable bonds is 4. The predicted octanol–water partition coefficient (Wildman–Crippen LogP) is 0.869. The lowest BCUT2D eigenvalue weighted by Crippen LogP contribution is -2.35. The van der Waals surface area contributed by atoms with Crippen molar-refractivity contribution in [3.63, 3.8) is 0 Å². The van der Waals surface area contributed by atoms with Gasteiger partial charge in [-0.3, -0.25) is 14.6 Å². The topological polar surface area (TPSA) is 70.0 Å². The van der Waals surface area contributed by atoms with E-state index in [0.29, 0.717) is 23.5 Å². The SMILES string of the molecule is O=CC(=O)C1CSCN1N=Cc1ccccc1O. The van der Waals surface area contributed by atoms with Gasteiger partial charge in [-0.2, -0.15) is 5.10 Å². The fourth-order valence-corrected chi connectivity index (χ4v) is 2.69. The van der Waals surface area contributed by atoms with Crippen molar-refractivity contribution in [3.8, 4) is 5.75 Å². The third-order valence-electron chi connectivity index (χ3n) is 2.59. The van der Waals surface area contributed by atoms with Crippen molar-refractivity contribution < 1.29 is 14.7 Å². The molecular formula is C12H12N2O3S.